The molecule has 1 unspecified atom stereocenters. The number of carbonyl (C=O) groups excluding carboxylic acids is 1. The number of carbonyl (C=O) groups is 1. The van der Waals surface area contributed by atoms with Gasteiger partial charge < -0.3 is 11.1 Å². The molecule has 1 aromatic heterocycles. The average molecular weight is 465 g/mol. The largest absolute Gasteiger partial charge is 0.348 e. The van der Waals surface area contributed by atoms with Gasteiger partial charge in [0.25, 0.3) is 5.91 Å². The molecule has 0 aliphatic heterocycles. The van der Waals surface area contributed by atoms with Crippen LogP contribution >= 0.6 is 52.5 Å². The average Bonchev–Trinajstić information content (AvgIpc) is 3.40. The third kappa shape index (κ3) is 6.15. The van der Waals surface area contributed by atoms with E-state index in [1.54, 1.807) is 6.20 Å². The van der Waals surface area contributed by atoms with E-state index in [-0.39, 0.29) is 36.8 Å². The maximum Gasteiger partial charge on any atom is 0.252 e. The molecule has 4 nitrogen and oxygen atoms in total. The van der Waals surface area contributed by atoms with Gasteiger partial charge in [0.05, 0.1) is 5.56 Å². The highest BCUT2D eigenvalue weighted by atomic mass is 79.9. The zero-order valence-corrected chi connectivity index (χ0v) is 17.4. The molecule has 8 heteroatoms. The van der Waals surface area contributed by atoms with Crippen LogP contribution in [0.1, 0.15) is 23.2 Å². The van der Waals surface area contributed by atoms with Crippen LogP contribution in [0, 0.1) is 5.92 Å². The first kappa shape index (κ1) is 22.3. The van der Waals surface area contributed by atoms with Crippen molar-refractivity contribution in [3.8, 4) is 0 Å². The second-order valence-electron chi connectivity index (χ2n) is 5.57. The predicted molar refractivity (Wildman–Crippen MR) is 110 cm³/mol. The molecule has 1 amide bonds. The van der Waals surface area contributed by atoms with Crippen LogP contribution in [0.2, 0.25) is 0 Å². The molecule has 2 aromatic rings. The fraction of sp³-hybridized carbons (Fsp3) is 0.294. The predicted octanol–water partition coefficient (Wildman–Crippen LogP) is 4.31. The Hall–Kier alpha value is -0.790. The molecule has 3 N–H and O–H groups in total. The smallest absolute Gasteiger partial charge is 0.252 e. The summed E-state index contributed by atoms with van der Waals surface area (Å²) < 4.78 is 0.933. The molecule has 0 saturated heterocycles. The standard InChI is InChI=1S/C17H18BrN3OS.2ClH/c18-12-7-8-16(20-10-12)23-15-4-2-1-3-13(15)17(22)21-14(9-19)11-5-6-11;;/h1-4,7-8,10-11,14H,5-6,9,19H2,(H,21,22);2*1H. The van der Waals surface area contributed by atoms with Crippen LogP contribution in [0.4, 0.5) is 0 Å². The number of rotatable bonds is 6. The van der Waals surface area contributed by atoms with E-state index in [1.807, 2.05) is 36.4 Å². The van der Waals surface area contributed by atoms with E-state index in [1.165, 1.54) is 11.8 Å². The van der Waals surface area contributed by atoms with Crippen LogP contribution in [0.5, 0.6) is 0 Å². The summed E-state index contributed by atoms with van der Waals surface area (Å²) in [5.41, 5.74) is 6.45. The van der Waals surface area contributed by atoms with Crippen molar-refractivity contribution in [2.45, 2.75) is 28.8 Å². The van der Waals surface area contributed by atoms with Crippen molar-refractivity contribution in [2.75, 3.05) is 6.54 Å². The molecule has 1 aliphatic carbocycles. The lowest BCUT2D eigenvalue weighted by Gasteiger charge is -2.17. The summed E-state index contributed by atoms with van der Waals surface area (Å²) >= 11 is 4.86. The number of benzene rings is 1. The summed E-state index contributed by atoms with van der Waals surface area (Å²) in [5.74, 6) is 0.476. The number of hydrogen-bond donors (Lipinski definition) is 2. The van der Waals surface area contributed by atoms with E-state index in [0.29, 0.717) is 18.0 Å². The van der Waals surface area contributed by atoms with Gasteiger partial charge >= 0.3 is 0 Å². The highest BCUT2D eigenvalue weighted by Gasteiger charge is 2.31. The molecule has 25 heavy (non-hydrogen) atoms. The lowest BCUT2D eigenvalue weighted by molar-refractivity contribution is 0.0930. The van der Waals surface area contributed by atoms with Crippen molar-refractivity contribution in [3.05, 3.63) is 52.6 Å². The Morgan fingerprint density at radius 3 is 2.60 bits per heavy atom. The van der Waals surface area contributed by atoms with Gasteiger partial charge in [-0.25, -0.2) is 4.98 Å². The van der Waals surface area contributed by atoms with Gasteiger partial charge in [0, 0.05) is 28.2 Å². The van der Waals surface area contributed by atoms with E-state index < -0.39 is 0 Å². The first-order valence-electron chi connectivity index (χ1n) is 7.56. The minimum absolute atomic E-state index is 0. The van der Waals surface area contributed by atoms with Crippen LogP contribution < -0.4 is 11.1 Å². The van der Waals surface area contributed by atoms with E-state index in [9.17, 15) is 4.79 Å². The number of amides is 1. The number of pyridine rings is 1. The number of nitrogens with zero attached hydrogens (tertiary/aromatic N) is 1. The summed E-state index contributed by atoms with van der Waals surface area (Å²) in [6.07, 6.45) is 4.06. The third-order valence-corrected chi connectivity index (χ3v) is 5.30. The minimum Gasteiger partial charge on any atom is -0.348 e. The summed E-state index contributed by atoms with van der Waals surface area (Å²) in [6, 6.07) is 11.5. The van der Waals surface area contributed by atoms with Crippen LogP contribution in [0.3, 0.4) is 0 Å². The SMILES string of the molecule is Cl.Cl.NCC(NC(=O)c1ccccc1Sc1ccc(Br)cn1)C1CC1. The molecule has 1 heterocycles. The van der Waals surface area contributed by atoms with Crippen molar-refractivity contribution in [1.82, 2.24) is 10.3 Å². The Bertz CT molecular complexity index is 699. The van der Waals surface area contributed by atoms with Gasteiger partial charge in [-0.05, 0) is 59.0 Å². The maximum absolute atomic E-state index is 12.6. The van der Waals surface area contributed by atoms with Gasteiger partial charge in [0.1, 0.15) is 5.03 Å². The Kier molecular flexibility index (Phi) is 9.24. The molecule has 0 bridgehead atoms. The van der Waals surface area contributed by atoms with Crippen molar-refractivity contribution in [1.29, 1.82) is 0 Å². The van der Waals surface area contributed by atoms with E-state index in [2.05, 4.69) is 26.2 Å². The van der Waals surface area contributed by atoms with Crippen molar-refractivity contribution in [2.24, 2.45) is 11.7 Å². The molecule has 1 aromatic carbocycles. The highest BCUT2D eigenvalue weighted by molar-refractivity contribution is 9.10. The van der Waals surface area contributed by atoms with Crippen molar-refractivity contribution in [3.63, 3.8) is 0 Å². The normalized spacial score (nSPS) is 14.0. The lowest BCUT2D eigenvalue weighted by Crippen LogP contribution is -2.41. The van der Waals surface area contributed by atoms with Gasteiger partial charge in [-0.1, -0.05) is 23.9 Å². The first-order valence-corrected chi connectivity index (χ1v) is 9.17. The Morgan fingerprint density at radius 1 is 1.28 bits per heavy atom. The second kappa shape index (κ2) is 10.4. The van der Waals surface area contributed by atoms with Gasteiger partial charge in [-0.3, -0.25) is 4.79 Å². The molecule has 1 aliphatic rings. The van der Waals surface area contributed by atoms with Crippen LogP contribution in [0.25, 0.3) is 0 Å². The summed E-state index contributed by atoms with van der Waals surface area (Å²) in [6.45, 7) is 0.486. The molecule has 1 atom stereocenters. The summed E-state index contributed by atoms with van der Waals surface area (Å²) in [5, 5.41) is 3.93. The zero-order valence-electron chi connectivity index (χ0n) is 13.4. The zero-order chi connectivity index (χ0) is 16.2. The van der Waals surface area contributed by atoms with Crippen molar-refractivity contribution >= 4 is 58.4 Å². The number of nitrogens with one attached hydrogen (secondary N) is 1. The number of halogens is 3. The summed E-state index contributed by atoms with van der Waals surface area (Å²) in [4.78, 5) is 17.9. The molecular weight excluding hydrogens is 445 g/mol. The quantitative estimate of drug-likeness (QED) is 0.668. The minimum atomic E-state index is -0.0624. The van der Waals surface area contributed by atoms with E-state index in [0.717, 1.165) is 27.2 Å². The van der Waals surface area contributed by atoms with Gasteiger partial charge in [-0.2, -0.15) is 0 Å². The number of nitrogens with two attached hydrogens (primary N) is 1. The van der Waals surface area contributed by atoms with Crippen LogP contribution in [-0.2, 0) is 0 Å². The summed E-state index contributed by atoms with van der Waals surface area (Å²) in [7, 11) is 0. The molecule has 0 radical (unpaired) electrons. The Morgan fingerprint density at radius 2 is 2.00 bits per heavy atom. The lowest BCUT2D eigenvalue weighted by atomic mass is 10.1. The Balaban J connectivity index is 0.00000156. The van der Waals surface area contributed by atoms with Gasteiger partial charge in [0.15, 0.2) is 0 Å². The van der Waals surface area contributed by atoms with Gasteiger partial charge in [0.2, 0.25) is 0 Å². The van der Waals surface area contributed by atoms with E-state index in [4.69, 9.17) is 5.73 Å². The first-order chi connectivity index (χ1) is 11.2. The second-order valence-corrected chi connectivity index (χ2v) is 7.54. The topological polar surface area (TPSA) is 68.0 Å². The number of hydrogen-bond acceptors (Lipinski definition) is 4. The number of aromatic nitrogens is 1. The molecule has 3 rings (SSSR count). The Labute approximate surface area is 172 Å². The fourth-order valence-corrected chi connectivity index (χ4v) is 3.51. The van der Waals surface area contributed by atoms with Crippen LogP contribution in [-0.4, -0.2) is 23.5 Å². The van der Waals surface area contributed by atoms with Crippen molar-refractivity contribution < 1.29 is 4.79 Å². The molecule has 1 fully saturated rings. The molecule has 0 spiro atoms. The molecule has 136 valence electrons. The fourth-order valence-electron chi connectivity index (χ4n) is 2.39. The third-order valence-electron chi connectivity index (χ3n) is 3.81. The maximum atomic E-state index is 12.6. The van der Waals surface area contributed by atoms with Gasteiger partial charge in [-0.15, -0.1) is 24.8 Å². The highest BCUT2D eigenvalue weighted by Crippen LogP contribution is 2.33. The molecular formula is C17H20BrCl2N3OS. The monoisotopic (exact) mass is 463 g/mol. The molecule has 1 saturated carbocycles. The van der Waals surface area contributed by atoms with E-state index >= 15 is 0 Å². The van der Waals surface area contributed by atoms with Crippen LogP contribution in [0.15, 0.2) is 57.0 Å².